The number of anilines is 1. The molecule has 1 aliphatic carbocycles. The van der Waals surface area contributed by atoms with Crippen molar-refractivity contribution in [1.29, 1.82) is 0 Å². The summed E-state index contributed by atoms with van der Waals surface area (Å²) in [4.78, 5) is 4.65. The first-order chi connectivity index (χ1) is 8.65. The molecule has 1 saturated carbocycles. The molecule has 96 valence electrons. The van der Waals surface area contributed by atoms with Crippen molar-refractivity contribution in [2.45, 2.75) is 39.5 Å². The molecule has 1 aromatic heterocycles. The van der Waals surface area contributed by atoms with Crippen molar-refractivity contribution in [2.24, 2.45) is 5.41 Å². The minimum absolute atomic E-state index is 0.480. The van der Waals surface area contributed by atoms with E-state index in [1.807, 2.05) is 0 Å². The summed E-state index contributed by atoms with van der Waals surface area (Å²) in [5, 5.41) is 4.62. The van der Waals surface area contributed by atoms with Gasteiger partial charge in [-0.2, -0.15) is 0 Å². The molecule has 0 atom stereocenters. The van der Waals surface area contributed by atoms with Crippen LogP contribution in [0.1, 0.15) is 38.2 Å². The zero-order valence-corrected chi connectivity index (χ0v) is 11.9. The van der Waals surface area contributed by atoms with Crippen LogP contribution in [0.25, 0.3) is 10.2 Å². The normalized spacial score (nSPS) is 18.3. The zero-order valence-electron chi connectivity index (χ0n) is 11.1. The topological polar surface area (TPSA) is 24.9 Å². The second-order valence-corrected chi connectivity index (χ2v) is 6.89. The van der Waals surface area contributed by atoms with Crippen LogP contribution in [0, 0.1) is 12.3 Å². The van der Waals surface area contributed by atoms with E-state index in [1.54, 1.807) is 11.3 Å². The summed E-state index contributed by atoms with van der Waals surface area (Å²) in [6.45, 7) is 5.59. The van der Waals surface area contributed by atoms with E-state index in [2.05, 4.69) is 42.3 Å². The van der Waals surface area contributed by atoms with Gasteiger partial charge in [-0.3, -0.25) is 0 Å². The maximum atomic E-state index is 4.65. The molecule has 18 heavy (non-hydrogen) atoms. The molecule has 1 heterocycles. The molecule has 1 aliphatic rings. The lowest BCUT2D eigenvalue weighted by molar-refractivity contribution is 0.362. The van der Waals surface area contributed by atoms with Gasteiger partial charge in [0, 0.05) is 6.54 Å². The lowest BCUT2D eigenvalue weighted by Gasteiger charge is -2.23. The molecule has 0 amide bonds. The van der Waals surface area contributed by atoms with Gasteiger partial charge in [0.15, 0.2) is 5.13 Å². The van der Waals surface area contributed by atoms with Crippen molar-refractivity contribution in [3.8, 4) is 0 Å². The lowest BCUT2D eigenvalue weighted by atomic mass is 9.89. The molecule has 2 nitrogen and oxygen atoms in total. The number of rotatable bonds is 3. The molecule has 1 fully saturated rings. The minimum Gasteiger partial charge on any atom is -0.361 e. The second kappa shape index (κ2) is 4.54. The molecule has 3 rings (SSSR count). The van der Waals surface area contributed by atoms with Crippen LogP contribution < -0.4 is 5.32 Å². The van der Waals surface area contributed by atoms with Gasteiger partial charge >= 0.3 is 0 Å². The highest BCUT2D eigenvalue weighted by Crippen LogP contribution is 2.38. The summed E-state index contributed by atoms with van der Waals surface area (Å²) in [6, 6.07) is 6.46. The van der Waals surface area contributed by atoms with E-state index < -0.39 is 0 Å². The molecule has 0 saturated heterocycles. The molecular formula is C15H20N2S. The third-order valence-electron chi connectivity index (χ3n) is 4.02. The van der Waals surface area contributed by atoms with E-state index in [-0.39, 0.29) is 0 Å². The van der Waals surface area contributed by atoms with E-state index in [0.29, 0.717) is 5.41 Å². The van der Waals surface area contributed by atoms with Crippen LogP contribution in [-0.2, 0) is 0 Å². The summed E-state index contributed by atoms with van der Waals surface area (Å²) in [5.74, 6) is 0. The van der Waals surface area contributed by atoms with Gasteiger partial charge in [-0.05, 0) is 42.9 Å². The maximum absolute atomic E-state index is 4.65. The van der Waals surface area contributed by atoms with Crippen molar-refractivity contribution in [3.05, 3.63) is 23.8 Å². The van der Waals surface area contributed by atoms with Gasteiger partial charge in [0.2, 0.25) is 0 Å². The molecule has 0 spiro atoms. The van der Waals surface area contributed by atoms with Gasteiger partial charge in [-0.1, -0.05) is 37.2 Å². The fourth-order valence-corrected chi connectivity index (χ4v) is 3.76. The fraction of sp³-hybridized carbons (Fsp3) is 0.533. The summed E-state index contributed by atoms with van der Waals surface area (Å²) >= 11 is 1.77. The average Bonchev–Trinajstić information content (AvgIpc) is 2.93. The molecule has 0 aliphatic heterocycles. The van der Waals surface area contributed by atoms with Crippen molar-refractivity contribution in [2.75, 3.05) is 11.9 Å². The van der Waals surface area contributed by atoms with Crippen LogP contribution >= 0.6 is 11.3 Å². The van der Waals surface area contributed by atoms with E-state index >= 15 is 0 Å². The first kappa shape index (κ1) is 12.0. The number of benzene rings is 1. The second-order valence-electron chi connectivity index (χ2n) is 5.86. The molecule has 1 aromatic carbocycles. The highest BCUT2D eigenvalue weighted by atomic mass is 32.1. The molecule has 0 radical (unpaired) electrons. The third kappa shape index (κ3) is 2.37. The van der Waals surface area contributed by atoms with E-state index in [0.717, 1.165) is 17.2 Å². The minimum atomic E-state index is 0.480. The number of aromatic nitrogens is 1. The van der Waals surface area contributed by atoms with Crippen LogP contribution in [0.5, 0.6) is 0 Å². The number of nitrogens with one attached hydrogen (secondary N) is 1. The van der Waals surface area contributed by atoms with Crippen molar-refractivity contribution < 1.29 is 0 Å². The Hall–Kier alpha value is -1.09. The Kier molecular flexibility index (Phi) is 3.02. The summed E-state index contributed by atoms with van der Waals surface area (Å²) in [6.07, 6.45) is 5.47. The van der Waals surface area contributed by atoms with E-state index in [4.69, 9.17) is 0 Å². The van der Waals surface area contributed by atoms with Crippen LogP contribution in [0.3, 0.4) is 0 Å². The summed E-state index contributed by atoms with van der Waals surface area (Å²) in [5.41, 5.74) is 2.90. The summed E-state index contributed by atoms with van der Waals surface area (Å²) in [7, 11) is 0. The predicted octanol–water partition coefficient (Wildman–Crippen LogP) is 4.60. The van der Waals surface area contributed by atoms with Gasteiger partial charge in [-0.25, -0.2) is 4.98 Å². The Morgan fingerprint density at radius 1 is 1.33 bits per heavy atom. The van der Waals surface area contributed by atoms with Gasteiger partial charge in [0.1, 0.15) is 0 Å². The standard InChI is InChI=1S/C15H20N2S/c1-11-5-6-12-13(9-11)18-14(17-12)16-10-15(2)7-3-4-8-15/h5-6,9H,3-4,7-8,10H2,1-2H3,(H,16,17). The van der Waals surface area contributed by atoms with Crippen LogP contribution in [0.15, 0.2) is 18.2 Å². The van der Waals surface area contributed by atoms with Crippen LogP contribution in [0.4, 0.5) is 5.13 Å². The Labute approximate surface area is 112 Å². The first-order valence-corrected chi connectivity index (χ1v) is 7.57. The molecule has 0 bridgehead atoms. The van der Waals surface area contributed by atoms with Crippen LogP contribution in [-0.4, -0.2) is 11.5 Å². The molecule has 0 unspecified atom stereocenters. The number of hydrogen-bond donors (Lipinski definition) is 1. The zero-order chi connectivity index (χ0) is 12.6. The maximum Gasteiger partial charge on any atom is 0.183 e. The highest BCUT2D eigenvalue weighted by molar-refractivity contribution is 7.22. The molecular weight excluding hydrogens is 240 g/mol. The SMILES string of the molecule is Cc1ccc2nc(NCC3(C)CCCC3)sc2c1. The Morgan fingerprint density at radius 2 is 2.11 bits per heavy atom. The van der Waals surface area contributed by atoms with E-state index in [1.165, 1.54) is 35.9 Å². The lowest BCUT2D eigenvalue weighted by Crippen LogP contribution is -2.22. The van der Waals surface area contributed by atoms with Gasteiger partial charge < -0.3 is 5.32 Å². The predicted molar refractivity (Wildman–Crippen MR) is 79.4 cm³/mol. The quantitative estimate of drug-likeness (QED) is 0.872. The van der Waals surface area contributed by atoms with Gasteiger partial charge in [0.05, 0.1) is 10.2 Å². The number of fused-ring (bicyclic) bond motifs is 1. The van der Waals surface area contributed by atoms with Crippen LogP contribution in [0.2, 0.25) is 0 Å². The Balaban J connectivity index is 1.74. The molecule has 1 N–H and O–H groups in total. The Bertz CT molecular complexity index is 553. The smallest absolute Gasteiger partial charge is 0.183 e. The molecule has 3 heteroatoms. The third-order valence-corrected chi connectivity index (χ3v) is 5.00. The highest BCUT2D eigenvalue weighted by Gasteiger charge is 2.28. The van der Waals surface area contributed by atoms with E-state index in [9.17, 15) is 0 Å². The van der Waals surface area contributed by atoms with Crippen molar-refractivity contribution in [1.82, 2.24) is 4.98 Å². The van der Waals surface area contributed by atoms with Gasteiger partial charge in [-0.15, -0.1) is 0 Å². The Morgan fingerprint density at radius 3 is 2.89 bits per heavy atom. The monoisotopic (exact) mass is 260 g/mol. The first-order valence-electron chi connectivity index (χ1n) is 6.76. The summed E-state index contributed by atoms with van der Waals surface area (Å²) < 4.78 is 1.29. The molecule has 2 aromatic rings. The fourth-order valence-electron chi connectivity index (χ4n) is 2.80. The number of aryl methyl sites for hydroxylation is 1. The van der Waals surface area contributed by atoms with Gasteiger partial charge in [0.25, 0.3) is 0 Å². The number of nitrogens with zero attached hydrogens (tertiary/aromatic N) is 1. The number of hydrogen-bond acceptors (Lipinski definition) is 3. The number of thiazole rings is 1. The van der Waals surface area contributed by atoms with Crippen molar-refractivity contribution in [3.63, 3.8) is 0 Å². The largest absolute Gasteiger partial charge is 0.361 e. The van der Waals surface area contributed by atoms with Crippen molar-refractivity contribution >= 4 is 26.7 Å². The average molecular weight is 260 g/mol.